The zero-order valence-corrected chi connectivity index (χ0v) is 12.9. The number of hydrogen-bond donors (Lipinski definition) is 1. The molecule has 20 heavy (non-hydrogen) atoms. The van der Waals surface area contributed by atoms with Crippen LogP contribution in [0.1, 0.15) is 44.8 Å². The normalized spacial score (nSPS) is 24.6. The van der Waals surface area contributed by atoms with Crippen molar-refractivity contribution in [2.45, 2.75) is 45.2 Å². The van der Waals surface area contributed by atoms with E-state index in [-0.39, 0.29) is 0 Å². The molecule has 2 heterocycles. The summed E-state index contributed by atoms with van der Waals surface area (Å²) < 4.78 is 5.28. The fourth-order valence-electron chi connectivity index (χ4n) is 3.22. The Hall–Kier alpha value is -1.13. The van der Waals surface area contributed by atoms with Gasteiger partial charge in [0, 0.05) is 12.1 Å². The number of hydrogen-bond acceptors (Lipinski definition) is 4. The molecule has 0 aliphatic carbocycles. The molecule has 1 aromatic rings. The molecular formula is C16H27N3O. The van der Waals surface area contributed by atoms with E-state index in [2.05, 4.69) is 29.8 Å². The maximum atomic E-state index is 6.05. The van der Waals surface area contributed by atoms with Crippen molar-refractivity contribution in [1.82, 2.24) is 9.88 Å². The van der Waals surface area contributed by atoms with Gasteiger partial charge in [0.25, 0.3) is 0 Å². The lowest BCUT2D eigenvalue weighted by molar-refractivity contribution is 0.118. The third-order valence-corrected chi connectivity index (χ3v) is 4.27. The van der Waals surface area contributed by atoms with Gasteiger partial charge in [0.2, 0.25) is 5.88 Å². The van der Waals surface area contributed by atoms with Crippen LogP contribution in [0.2, 0.25) is 0 Å². The Morgan fingerprint density at radius 3 is 2.85 bits per heavy atom. The molecule has 1 saturated heterocycles. The molecule has 1 aliphatic rings. The van der Waals surface area contributed by atoms with Gasteiger partial charge in [-0.2, -0.15) is 0 Å². The van der Waals surface area contributed by atoms with Gasteiger partial charge >= 0.3 is 0 Å². The molecule has 0 amide bonds. The van der Waals surface area contributed by atoms with Gasteiger partial charge in [-0.05, 0) is 51.8 Å². The molecule has 2 N–H and O–H groups in total. The Morgan fingerprint density at radius 2 is 2.20 bits per heavy atom. The lowest BCUT2D eigenvalue weighted by Crippen LogP contribution is -2.40. The number of nitrogens with zero attached hydrogens (tertiary/aromatic N) is 2. The van der Waals surface area contributed by atoms with Crippen LogP contribution in [0.4, 0.5) is 0 Å². The minimum Gasteiger partial charge on any atom is -0.481 e. The van der Waals surface area contributed by atoms with E-state index in [1.165, 1.54) is 19.3 Å². The van der Waals surface area contributed by atoms with Crippen LogP contribution < -0.4 is 10.5 Å². The molecule has 4 nitrogen and oxygen atoms in total. The van der Waals surface area contributed by atoms with Gasteiger partial charge in [0.05, 0.1) is 18.8 Å². The Bertz CT molecular complexity index is 422. The molecular weight excluding hydrogens is 250 g/mol. The number of likely N-dealkylation sites (tertiary alicyclic amines) is 1. The molecule has 0 radical (unpaired) electrons. The zero-order valence-electron chi connectivity index (χ0n) is 12.9. The van der Waals surface area contributed by atoms with Crippen molar-refractivity contribution >= 4 is 0 Å². The summed E-state index contributed by atoms with van der Waals surface area (Å²) in [6, 6.07) is 6.84. The number of methoxy groups -OCH3 is 1. The molecule has 0 saturated carbocycles. The van der Waals surface area contributed by atoms with Crippen LogP contribution in [0.25, 0.3) is 0 Å². The van der Waals surface area contributed by atoms with Gasteiger partial charge in [-0.1, -0.05) is 12.5 Å². The zero-order chi connectivity index (χ0) is 14.5. The van der Waals surface area contributed by atoms with Crippen molar-refractivity contribution in [3.8, 4) is 5.88 Å². The van der Waals surface area contributed by atoms with Gasteiger partial charge < -0.3 is 10.5 Å². The van der Waals surface area contributed by atoms with E-state index >= 15 is 0 Å². The third-order valence-electron chi connectivity index (χ3n) is 4.27. The lowest BCUT2D eigenvalue weighted by atomic mass is 9.91. The summed E-state index contributed by atoms with van der Waals surface area (Å²) in [5.74, 6) is 1.16. The third kappa shape index (κ3) is 3.30. The largest absolute Gasteiger partial charge is 0.481 e. The standard InChI is InChI=1S/C16H27N3O/c1-12(2)19-10-5-4-7-13(11-17)16(19)14-8-6-9-15(18-14)20-3/h6,8-9,12-13,16H,4-5,7,10-11,17H2,1-3H3. The minimum atomic E-state index is 0.303. The Kier molecular flexibility index (Phi) is 5.38. The van der Waals surface area contributed by atoms with Gasteiger partial charge in [0.15, 0.2) is 0 Å². The van der Waals surface area contributed by atoms with Crippen LogP contribution in [0.15, 0.2) is 18.2 Å². The summed E-state index contributed by atoms with van der Waals surface area (Å²) in [5, 5.41) is 0. The maximum absolute atomic E-state index is 6.05. The van der Waals surface area contributed by atoms with Gasteiger partial charge in [-0.15, -0.1) is 0 Å². The van der Waals surface area contributed by atoms with Crippen molar-refractivity contribution in [3.05, 3.63) is 23.9 Å². The van der Waals surface area contributed by atoms with Crippen molar-refractivity contribution < 1.29 is 4.74 Å². The monoisotopic (exact) mass is 277 g/mol. The number of ether oxygens (including phenoxy) is 1. The first-order valence-corrected chi connectivity index (χ1v) is 7.64. The highest BCUT2D eigenvalue weighted by atomic mass is 16.5. The summed E-state index contributed by atoms with van der Waals surface area (Å²) in [7, 11) is 1.67. The van der Waals surface area contributed by atoms with E-state index in [0.717, 1.165) is 12.2 Å². The van der Waals surface area contributed by atoms with Crippen molar-refractivity contribution in [3.63, 3.8) is 0 Å². The minimum absolute atomic E-state index is 0.303. The molecule has 4 heteroatoms. The van der Waals surface area contributed by atoms with Crippen LogP contribution in [-0.4, -0.2) is 36.1 Å². The second kappa shape index (κ2) is 7.04. The predicted molar refractivity (Wildman–Crippen MR) is 81.8 cm³/mol. The summed E-state index contributed by atoms with van der Waals surface area (Å²) in [4.78, 5) is 7.22. The number of nitrogens with two attached hydrogens (primary N) is 1. The quantitative estimate of drug-likeness (QED) is 0.919. The highest BCUT2D eigenvalue weighted by molar-refractivity contribution is 5.19. The first-order valence-electron chi connectivity index (χ1n) is 7.64. The van der Waals surface area contributed by atoms with E-state index in [1.54, 1.807) is 7.11 Å². The van der Waals surface area contributed by atoms with E-state index in [0.29, 0.717) is 30.4 Å². The number of aromatic nitrogens is 1. The van der Waals surface area contributed by atoms with E-state index in [9.17, 15) is 0 Å². The second-order valence-corrected chi connectivity index (χ2v) is 5.87. The van der Waals surface area contributed by atoms with Crippen LogP contribution in [0.5, 0.6) is 5.88 Å². The molecule has 0 spiro atoms. The van der Waals surface area contributed by atoms with E-state index in [1.807, 2.05) is 12.1 Å². The molecule has 2 rings (SSSR count). The average Bonchev–Trinajstić information content (AvgIpc) is 2.69. The van der Waals surface area contributed by atoms with Crippen molar-refractivity contribution in [2.75, 3.05) is 20.2 Å². The molecule has 112 valence electrons. The summed E-state index contributed by atoms with van der Waals surface area (Å²) in [6.45, 7) is 6.35. The maximum Gasteiger partial charge on any atom is 0.213 e. The summed E-state index contributed by atoms with van der Waals surface area (Å²) >= 11 is 0. The second-order valence-electron chi connectivity index (χ2n) is 5.87. The molecule has 0 aromatic carbocycles. The molecule has 2 unspecified atom stereocenters. The number of rotatable bonds is 4. The van der Waals surface area contributed by atoms with E-state index in [4.69, 9.17) is 10.5 Å². The van der Waals surface area contributed by atoms with Gasteiger partial charge in [0.1, 0.15) is 0 Å². The Labute approximate surface area is 122 Å². The average molecular weight is 277 g/mol. The molecule has 1 aliphatic heterocycles. The van der Waals surface area contributed by atoms with Gasteiger partial charge in [-0.3, -0.25) is 4.90 Å². The fourth-order valence-corrected chi connectivity index (χ4v) is 3.22. The van der Waals surface area contributed by atoms with E-state index < -0.39 is 0 Å². The topological polar surface area (TPSA) is 51.4 Å². The van der Waals surface area contributed by atoms with Crippen LogP contribution in [0, 0.1) is 5.92 Å². The molecule has 1 aromatic heterocycles. The smallest absolute Gasteiger partial charge is 0.213 e. The molecule has 2 atom stereocenters. The Morgan fingerprint density at radius 1 is 1.40 bits per heavy atom. The van der Waals surface area contributed by atoms with Crippen molar-refractivity contribution in [1.29, 1.82) is 0 Å². The lowest BCUT2D eigenvalue weighted by Gasteiger charge is -2.37. The first kappa shape index (κ1) is 15.3. The highest BCUT2D eigenvalue weighted by Gasteiger charge is 2.32. The predicted octanol–water partition coefficient (Wildman–Crippen LogP) is 2.60. The van der Waals surface area contributed by atoms with Crippen molar-refractivity contribution in [2.24, 2.45) is 11.7 Å². The van der Waals surface area contributed by atoms with Crippen LogP contribution in [0.3, 0.4) is 0 Å². The summed E-state index contributed by atoms with van der Waals surface area (Å²) in [6.07, 6.45) is 3.68. The summed E-state index contributed by atoms with van der Waals surface area (Å²) in [5.41, 5.74) is 7.14. The first-order chi connectivity index (χ1) is 9.67. The molecule has 1 fully saturated rings. The Balaban J connectivity index is 2.37. The SMILES string of the molecule is COc1cccc(C2C(CN)CCCCN2C(C)C)n1. The fraction of sp³-hybridized carbons (Fsp3) is 0.688. The number of pyridine rings is 1. The van der Waals surface area contributed by atoms with Gasteiger partial charge in [-0.25, -0.2) is 4.98 Å². The highest BCUT2D eigenvalue weighted by Crippen LogP contribution is 2.35. The van der Waals surface area contributed by atoms with Crippen LogP contribution in [-0.2, 0) is 0 Å². The van der Waals surface area contributed by atoms with Crippen LogP contribution >= 0.6 is 0 Å². The molecule has 0 bridgehead atoms.